The van der Waals surface area contributed by atoms with E-state index >= 15 is 0 Å². The van der Waals surface area contributed by atoms with Gasteiger partial charge in [-0.2, -0.15) is 0 Å². The van der Waals surface area contributed by atoms with Crippen LogP contribution in [-0.2, 0) is 11.2 Å². The number of aryl methyl sites for hydroxylation is 1. The minimum Gasteiger partial charge on any atom is -0.481 e. The van der Waals surface area contributed by atoms with Crippen LogP contribution in [0.15, 0.2) is 24.3 Å². The number of carboxylic acids is 1. The van der Waals surface area contributed by atoms with Crippen LogP contribution in [0.25, 0.3) is 0 Å². The van der Waals surface area contributed by atoms with Crippen LogP contribution >= 0.6 is 11.6 Å². The molecule has 1 aromatic rings. The average molecular weight is 339 g/mol. The highest BCUT2D eigenvalue weighted by Gasteiger charge is 2.31. The summed E-state index contributed by atoms with van der Waals surface area (Å²) in [7, 11) is 0. The number of hydrogen-bond donors (Lipinski definition) is 2. The molecule has 1 aliphatic heterocycles. The lowest BCUT2D eigenvalue weighted by molar-refractivity contribution is -0.143. The smallest absolute Gasteiger partial charge is 0.317 e. The molecule has 0 bridgehead atoms. The lowest BCUT2D eigenvalue weighted by atomic mass is 9.91. The molecule has 1 heterocycles. The molecular formula is C17H23ClN2O3. The lowest BCUT2D eigenvalue weighted by Gasteiger charge is -2.34. The van der Waals surface area contributed by atoms with E-state index in [4.69, 9.17) is 16.7 Å². The van der Waals surface area contributed by atoms with Gasteiger partial charge in [0.2, 0.25) is 0 Å². The standard InChI is InChI=1S/C17H23ClN2O3/c1-12-9-14(16(21)22)11-20(10-12)17(23)19-8-2-3-13-4-6-15(18)7-5-13/h4-7,12,14H,2-3,8-11H2,1H3,(H,19,23)(H,21,22). The van der Waals surface area contributed by atoms with Gasteiger partial charge in [0, 0.05) is 24.7 Å². The highest BCUT2D eigenvalue weighted by molar-refractivity contribution is 6.30. The summed E-state index contributed by atoms with van der Waals surface area (Å²) in [6.07, 6.45) is 2.33. The van der Waals surface area contributed by atoms with E-state index in [0.717, 1.165) is 12.8 Å². The first kappa shape index (κ1) is 17.6. The first-order valence-electron chi connectivity index (χ1n) is 7.95. The van der Waals surface area contributed by atoms with Crippen LogP contribution in [0.5, 0.6) is 0 Å². The number of carboxylic acid groups (broad SMARTS) is 1. The Bertz CT molecular complexity index is 547. The molecule has 2 N–H and O–H groups in total. The van der Waals surface area contributed by atoms with Crippen LogP contribution in [0.4, 0.5) is 4.79 Å². The molecule has 0 aliphatic carbocycles. The molecule has 5 nitrogen and oxygen atoms in total. The number of rotatable bonds is 5. The van der Waals surface area contributed by atoms with Crippen LogP contribution in [0, 0.1) is 11.8 Å². The Kier molecular flexibility index (Phi) is 6.28. The maximum atomic E-state index is 12.2. The van der Waals surface area contributed by atoms with E-state index in [2.05, 4.69) is 5.32 Å². The first-order chi connectivity index (χ1) is 11.0. The molecule has 1 aromatic carbocycles. The van der Waals surface area contributed by atoms with Crippen molar-refractivity contribution in [3.8, 4) is 0 Å². The van der Waals surface area contributed by atoms with Gasteiger partial charge in [-0.05, 0) is 42.9 Å². The molecular weight excluding hydrogens is 316 g/mol. The van der Waals surface area contributed by atoms with Gasteiger partial charge in [-0.1, -0.05) is 30.7 Å². The number of likely N-dealkylation sites (tertiary alicyclic amines) is 1. The molecule has 1 saturated heterocycles. The lowest BCUT2D eigenvalue weighted by Crippen LogP contribution is -2.49. The van der Waals surface area contributed by atoms with Gasteiger partial charge in [-0.25, -0.2) is 4.79 Å². The van der Waals surface area contributed by atoms with Crippen molar-refractivity contribution in [1.82, 2.24) is 10.2 Å². The van der Waals surface area contributed by atoms with Gasteiger partial charge >= 0.3 is 12.0 Å². The third-order valence-corrected chi connectivity index (χ3v) is 4.38. The van der Waals surface area contributed by atoms with E-state index in [0.29, 0.717) is 31.1 Å². The predicted octanol–water partition coefficient (Wildman–Crippen LogP) is 3.02. The fraction of sp³-hybridized carbons (Fsp3) is 0.529. The quantitative estimate of drug-likeness (QED) is 0.811. The molecule has 126 valence electrons. The summed E-state index contributed by atoms with van der Waals surface area (Å²) in [6.45, 7) is 3.47. The van der Waals surface area contributed by atoms with E-state index in [-0.39, 0.29) is 11.9 Å². The van der Waals surface area contributed by atoms with Crippen LogP contribution in [0.1, 0.15) is 25.3 Å². The number of carbonyl (C=O) groups excluding carboxylic acids is 1. The highest BCUT2D eigenvalue weighted by atomic mass is 35.5. The van der Waals surface area contributed by atoms with E-state index in [1.807, 2.05) is 31.2 Å². The van der Waals surface area contributed by atoms with Crippen molar-refractivity contribution in [2.24, 2.45) is 11.8 Å². The number of piperidine rings is 1. The maximum Gasteiger partial charge on any atom is 0.317 e. The summed E-state index contributed by atoms with van der Waals surface area (Å²) >= 11 is 5.84. The Morgan fingerprint density at radius 1 is 1.30 bits per heavy atom. The molecule has 2 atom stereocenters. The second-order valence-electron chi connectivity index (χ2n) is 6.24. The Balaban J connectivity index is 1.73. The average Bonchev–Trinajstić information content (AvgIpc) is 2.52. The van der Waals surface area contributed by atoms with E-state index in [9.17, 15) is 9.59 Å². The van der Waals surface area contributed by atoms with Crippen molar-refractivity contribution >= 4 is 23.6 Å². The van der Waals surface area contributed by atoms with Crippen molar-refractivity contribution in [2.75, 3.05) is 19.6 Å². The Labute approximate surface area is 141 Å². The molecule has 6 heteroatoms. The second kappa shape index (κ2) is 8.20. The summed E-state index contributed by atoms with van der Waals surface area (Å²) in [4.78, 5) is 24.9. The predicted molar refractivity (Wildman–Crippen MR) is 89.7 cm³/mol. The fourth-order valence-electron chi connectivity index (χ4n) is 2.95. The topological polar surface area (TPSA) is 69.6 Å². The third kappa shape index (κ3) is 5.43. The first-order valence-corrected chi connectivity index (χ1v) is 8.33. The number of nitrogens with one attached hydrogen (secondary N) is 1. The molecule has 0 aromatic heterocycles. The van der Waals surface area contributed by atoms with Gasteiger partial charge in [0.25, 0.3) is 0 Å². The molecule has 23 heavy (non-hydrogen) atoms. The Morgan fingerprint density at radius 3 is 2.65 bits per heavy atom. The van der Waals surface area contributed by atoms with Crippen molar-refractivity contribution in [3.63, 3.8) is 0 Å². The number of nitrogens with zero attached hydrogens (tertiary/aromatic N) is 1. The van der Waals surface area contributed by atoms with Crippen molar-refractivity contribution in [1.29, 1.82) is 0 Å². The van der Waals surface area contributed by atoms with Crippen molar-refractivity contribution in [3.05, 3.63) is 34.9 Å². The SMILES string of the molecule is CC1CC(C(=O)O)CN(C(=O)NCCCc2ccc(Cl)cc2)C1. The molecule has 2 rings (SSSR count). The zero-order valence-electron chi connectivity index (χ0n) is 13.3. The van der Waals surface area contributed by atoms with Gasteiger partial charge in [-0.3, -0.25) is 4.79 Å². The number of urea groups is 1. The molecule has 0 saturated carbocycles. The zero-order chi connectivity index (χ0) is 16.8. The molecule has 0 spiro atoms. The molecule has 0 radical (unpaired) electrons. The molecule has 2 unspecified atom stereocenters. The number of amides is 2. The monoisotopic (exact) mass is 338 g/mol. The van der Waals surface area contributed by atoms with Crippen LogP contribution < -0.4 is 5.32 Å². The Hall–Kier alpha value is -1.75. The highest BCUT2D eigenvalue weighted by Crippen LogP contribution is 2.21. The largest absolute Gasteiger partial charge is 0.481 e. The summed E-state index contributed by atoms with van der Waals surface area (Å²) < 4.78 is 0. The van der Waals surface area contributed by atoms with Crippen LogP contribution in [-0.4, -0.2) is 41.6 Å². The zero-order valence-corrected chi connectivity index (χ0v) is 14.1. The minimum absolute atomic E-state index is 0.168. The van der Waals surface area contributed by atoms with Crippen LogP contribution in [0.2, 0.25) is 5.02 Å². The van der Waals surface area contributed by atoms with Gasteiger partial charge < -0.3 is 15.3 Å². The normalized spacial score (nSPS) is 21.0. The second-order valence-corrected chi connectivity index (χ2v) is 6.68. The molecule has 2 amide bonds. The van der Waals surface area contributed by atoms with Crippen molar-refractivity contribution < 1.29 is 14.7 Å². The van der Waals surface area contributed by atoms with Crippen LogP contribution in [0.3, 0.4) is 0 Å². The van der Waals surface area contributed by atoms with E-state index in [1.54, 1.807) is 4.90 Å². The van der Waals surface area contributed by atoms with Gasteiger partial charge in [0.15, 0.2) is 0 Å². The van der Waals surface area contributed by atoms with E-state index in [1.165, 1.54) is 5.56 Å². The summed E-state index contributed by atoms with van der Waals surface area (Å²) in [6, 6.07) is 7.51. The van der Waals surface area contributed by atoms with E-state index < -0.39 is 11.9 Å². The number of benzene rings is 1. The van der Waals surface area contributed by atoms with Gasteiger partial charge in [0.05, 0.1) is 5.92 Å². The number of hydrogen-bond acceptors (Lipinski definition) is 2. The fourth-order valence-corrected chi connectivity index (χ4v) is 3.07. The summed E-state index contributed by atoms with van der Waals surface area (Å²) in [5.41, 5.74) is 1.18. The number of aliphatic carboxylic acids is 1. The number of carbonyl (C=O) groups is 2. The Morgan fingerprint density at radius 2 is 2.00 bits per heavy atom. The van der Waals surface area contributed by atoms with Gasteiger partial charge in [0.1, 0.15) is 0 Å². The minimum atomic E-state index is -0.822. The maximum absolute atomic E-state index is 12.2. The summed E-state index contributed by atoms with van der Waals surface area (Å²) in [5, 5.41) is 12.7. The third-order valence-electron chi connectivity index (χ3n) is 4.13. The molecule has 1 aliphatic rings. The van der Waals surface area contributed by atoms with Gasteiger partial charge in [-0.15, -0.1) is 0 Å². The summed E-state index contributed by atoms with van der Waals surface area (Å²) in [5.74, 6) is -1.07. The van der Waals surface area contributed by atoms with Crippen molar-refractivity contribution in [2.45, 2.75) is 26.2 Å². The number of halogens is 1. The molecule has 1 fully saturated rings.